The van der Waals surface area contributed by atoms with Gasteiger partial charge in [-0.1, -0.05) is 146 Å². The van der Waals surface area contributed by atoms with Crippen LogP contribution in [0.5, 0.6) is 0 Å². The van der Waals surface area contributed by atoms with Crippen molar-refractivity contribution in [2.75, 3.05) is 0 Å². The minimum Gasteiger partial charge on any atom is -0.462 e. The molecule has 0 aliphatic carbocycles. The van der Waals surface area contributed by atoms with Gasteiger partial charge in [-0.05, 0) is 89.1 Å². The van der Waals surface area contributed by atoms with E-state index in [4.69, 9.17) is 4.42 Å². The molecule has 0 aliphatic rings. The van der Waals surface area contributed by atoms with Crippen LogP contribution >= 0.6 is 11.3 Å². The Hall–Kier alpha value is -6.22. The molecule has 0 atom stereocenters. The smallest absolute Gasteiger partial charge is 0.152 e. The molecule has 0 unspecified atom stereocenters. The Morgan fingerprint density at radius 3 is 1.74 bits per heavy atom. The summed E-state index contributed by atoms with van der Waals surface area (Å²) < 4.78 is 8.85. The van der Waals surface area contributed by atoms with Crippen LogP contribution in [-0.2, 0) is 0 Å². The highest BCUT2D eigenvalue weighted by Gasteiger charge is 2.20. The molecule has 0 N–H and O–H groups in total. The van der Waals surface area contributed by atoms with E-state index >= 15 is 0 Å². The molecule has 0 fully saturated rings. The molecule has 11 aromatic rings. The molecule has 0 bridgehead atoms. The van der Waals surface area contributed by atoms with Gasteiger partial charge in [0.05, 0.1) is 11.0 Å². The third-order valence-electron chi connectivity index (χ3n) is 10.5. The summed E-state index contributed by atoms with van der Waals surface area (Å²) in [5, 5.41) is 13.7. The normalized spacial score (nSPS) is 12.0. The molecule has 0 saturated heterocycles. The topological polar surface area (TPSA) is 13.1 Å². The molecule has 0 spiro atoms. The highest BCUT2D eigenvalue weighted by Crippen LogP contribution is 2.47. The van der Waals surface area contributed by atoms with E-state index in [1.807, 2.05) is 17.6 Å². The van der Waals surface area contributed by atoms with E-state index in [2.05, 4.69) is 164 Å². The Labute approximate surface area is 292 Å². The van der Waals surface area contributed by atoms with Gasteiger partial charge in [0.15, 0.2) is 5.58 Å². The molecular formula is C48H28OS. The molecule has 1 nitrogen and oxygen atoms in total. The fourth-order valence-corrected chi connectivity index (χ4v) is 9.47. The van der Waals surface area contributed by atoms with Crippen LogP contribution in [0.25, 0.3) is 108 Å². The van der Waals surface area contributed by atoms with Crippen LogP contribution in [0.2, 0.25) is 0 Å². The summed E-state index contributed by atoms with van der Waals surface area (Å²) in [6, 6.07) is 60.0. The van der Waals surface area contributed by atoms with Crippen molar-refractivity contribution in [1.29, 1.82) is 0 Å². The summed E-state index contributed by atoms with van der Waals surface area (Å²) in [5.74, 6) is 0. The van der Waals surface area contributed by atoms with Crippen LogP contribution in [0, 0.1) is 0 Å². The van der Waals surface area contributed by atoms with Gasteiger partial charge in [0, 0.05) is 26.4 Å². The van der Waals surface area contributed by atoms with E-state index in [1.54, 1.807) is 0 Å². The second-order valence-corrected chi connectivity index (χ2v) is 14.3. The standard InChI is InChI=1S/C48H28OS/c1-2-12-31-26-32(21-20-29(31)10-1)43-28-49-47-41(43)24-25-42-35-23-22-33(27-44(35)50-48(42)47)45-37-15-5-7-17-39(37)46(40-18-8-6-16-38(40)45)36-19-9-13-30-11-3-4-14-34(30)36/h1-28H. The summed E-state index contributed by atoms with van der Waals surface area (Å²) in [5.41, 5.74) is 8.35. The first kappa shape index (κ1) is 27.7. The molecule has 9 aromatic carbocycles. The van der Waals surface area contributed by atoms with Gasteiger partial charge in [0.1, 0.15) is 0 Å². The number of rotatable bonds is 3. The molecular weight excluding hydrogens is 625 g/mol. The Balaban J connectivity index is 1.13. The van der Waals surface area contributed by atoms with Crippen molar-refractivity contribution in [3.05, 3.63) is 170 Å². The predicted molar refractivity (Wildman–Crippen MR) is 215 cm³/mol. The summed E-state index contributed by atoms with van der Waals surface area (Å²) in [7, 11) is 0. The molecule has 2 heterocycles. The lowest BCUT2D eigenvalue weighted by molar-refractivity contribution is 0.621. The van der Waals surface area contributed by atoms with Crippen molar-refractivity contribution in [3.8, 4) is 33.4 Å². The van der Waals surface area contributed by atoms with Gasteiger partial charge < -0.3 is 4.42 Å². The van der Waals surface area contributed by atoms with Gasteiger partial charge in [-0.25, -0.2) is 0 Å². The minimum atomic E-state index is 0.962. The molecule has 11 rings (SSSR count). The van der Waals surface area contributed by atoms with Gasteiger partial charge >= 0.3 is 0 Å². The van der Waals surface area contributed by atoms with Gasteiger partial charge in [-0.2, -0.15) is 0 Å². The van der Waals surface area contributed by atoms with Crippen LogP contribution in [0.3, 0.4) is 0 Å². The second kappa shape index (κ2) is 10.6. The van der Waals surface area contributed by atoms with Crippen LogP contribution in [0.1, 0.15) is 0 Å². The van der Waals surface area contributed by atoms with E-state index in [0.717, 1.165) is 16.5 Å². The number of fused-ring (bicyclic) bond motifs is 9. The highest BCUT2D eigenvalue weighted by molar-refractivity contribution is 7.26. The van der Waals surface area contributed by atoms with E-state index in [1.165, 1.54) is 91.1 Å². The molecule has 0 saturated carbocycles. The number of hydrogen-bond acceptors (Lipinski definition) is 2. The summed E-state index contributed by atoms with van der Waals surface area (Å²) in [4.78, 5) is 0. The van der Waals surface area contributed by atoms with Crippen molar-refractivity contribution in [2.24, 2.45) is 0 Å². The maximum atomic E-state index is 6.38. The van der Waals surface area contributed by atoms with Crippen molar-refractivity contribution in [1.82, 2.24) is 0 Å². The van der Waals surface area contributed by atoms with Crippen LogP contribution < -0.4 is 0 Å². The maximum Gasteiger partial charge on any atom is 0.152 e. The van der Waals surface area contributed by atoms with E-state index in [9.17, 15) is 0 Å². The number of hydrogen-bond donors (Lipinski definition) is 0. The fourth-order valence-electron chi connectivity index (χ4n) is 8.23. The number of furan rings is 1. The SMILES string of the molecule is c1ccc2cc(-c3coc4c3ccc3c5ccc(-c6c7ccccc7c(-c7cccc8ccccc78)c7ccccc67)cc5sc34)ccc2c1. The lowest BCUT2D eigenvalue weighted by Gasteiger charge is -2.18. The van der Waals surface area contributed by atoms with Gasteiger partial charge in [0.25, 0.3) is 0 Å². The zero-order valence-corrected chi connectivity index (χ0v) is 27.8. The molecule has 2 heteroatoms. The zero-order chi connectivity index (χ0) is 32.8. The van der Waals surface area contributed by atoms with E-state index in [0.29, 0.717) is 0 Å². The number of benzene rings is 9. The monoisotopic (exact) mass is 652 g/mol. The highest BCUT2D eigenvalue weighted by atomic mass is 32.1. The third kappa shape index (κ3) is 4.00. The number of thiophene rings is 1. The summed E-state index contributed by atoms with van der Waals surface area (Å²) in [6.45, 7) is 0. The molecule has 0 radical (unpaired) electrons. The van der Waals surface area contributed by atoms with Crippen LogP contribution in [0.15, 0.2) is 174 Å². The van der Waals surface area contributed by atoms with Crippen molar-refractivity contribution < 1.29 is 4.42 Å². The van der Waals surface area contributed by atoms with Crippen LogP contribution in [0.4, 0.5) is 0 Å². The maximum absolute atomic E-state index is 6.38. The quantitative estimate of drug-likeness (QED) is 0.173. The molecule has 50 heavy (non-hydrogen) atoms. The minimum absolute atomic E-state index is 0.962. The second-order valence-electron chi connectivity index (χ2n) is 13.2. The molecule has 0 amide bonds. The van der Waals surface area contributed by atoms with Gasteiger partial charge in [-0.15, -0.1) is 11.3 Å². The Kier molecular flexibility index (Phi) is 5.89. The van der Waals surface area contributed by atoms with Crippen molar-refractivity contribution in [3.63, 3.8) is 0 Å². The largest absolute Gasteiger partial charge is 0.462 e. The summed E-state index contributed by atoms with van der Waals surface area (Å²) in [6.07, 6.45) is 1.93. The summed E-state index contributed by atoms with van der Waals surface area (Å²) >= 11 is 1.83. The van der Waals surface area contributed by atoms with E-state index in [-0.39, 0.29) is 0 Å². The van der Waals surface area contributed by atoms with Gasteiger partial charge in [0.2, 0.25) is 0 Å². The predicted octanol–water partition coefficient (Wildman–Crippen LogP) is 14.4. The first-order valence-corrected chi connectivity index (χ1v) is 17.9. The third-order valence-corrected chi connectivity index (χ3v) is 11.7. The average molecular weight is 653 g/mol. The first-order chi connectivity index (χ1) is 24.8. The Morgan fingerprint density at radius 2 is 0.960 bits per heavy atom. The first-order valence-electron chi connectivity index (χ1n) is 17.1. The van der Waals surface area contributed by atoms with Crippen LogP contribution in [-0.4, -0.2) is 0 Å². The Morgan fingerprint density at radius 1 is 0.360 bits per heavy atom. The average Bonchev–Trinajstić information content (AvgIpc) is 3.78. The lowest BCUT2D eigenvalue weighted by atomic mass is 9.84. The fraction of sp³-hybridized carbons (Fsp3) is 0. The molecule has 2 aromatic heterocycles. The van der Waals surface area contributed by atoms with Gasteiger partial charge in [-0.3, -0.25) is 0 Å². The zero-order valence-electron chi connectivity index (χ0n) is 27.0. The van der Waals surface area contributed by atoms with E-state index < -0.39 is 0 Å². The molecule has 0 aliphatic heterocycles. The van der Waals surface area contributed by atoms with Crippen molar-refractivity contribution in [2.45, 2.75) is 0 Å². The Bertz CT molecular complexity index is 3100. The lowest BCUT2D eigenvalue weighted by Crippen LogP contribution is -1.91. The molecule has 232 valence electrons. The van der Waals surface area contributed by atoms with Crippen molar-refractivity contribution >= 4 is 85.6 Å².